The van der Waals surface area contributed by atoms with Crippen LogP contribution in [0, 0.1) is 0 Å². The van der Waals surface area contributed by atoms with Crippen molar-refractivity contribution in [1.82, 2.24) is 10.2 Å². The molecule has 128 valence electrons. The summed E-state index contributed by atoms with van der Waals surface area (Å²) in [6.07, 6.45) is 0.179. The highest BCUT2D eigenvalue weighted by molar-refractivity contribution is 6.42. The molecule has 0 unspecified atom stereocenters. The lowest BCUT2D eigenvalue weighted by atomic mass is 10.1. The topological polar surface area (TPSA) is 66.5 Å². The van der Waals surface area contributed by atoms with E-state index in [1.54, 1.807) is 41.3 Å². The van der Waals surface area contributed by atoms with Crippen molar-refractivity contribution in [3.63, 3.8) is 0 Å². The summed E-state index contributed by atoms with van der Waals surface area (Å²) in [5.41, 5.74) is 1.18. The number of ketones is 1. The minimum absolute atomic E-state index is 0.0719. The monoisotopic (exact) mass is 356 g/mol. The van der Waals surface area contributed by atoms with Crippen LogP contribution in [-0.4, -0.2) is 35.1 Å². The van der Waals surface area contributed by atoms with Crippen LogP contribution in [0.15, 0.2) is 54.6 Å². The van der Waals surface area contributed by atoms with Crippen LogP contribution in [0.4, 0.5) is 0 Å². The third kappa shape index (κ3) is 4.06. The molecule has 2 aromatic carbocycles. The molecule has 0 bridgehead atoms. The Morgan fingerprint density at radius 2 is 1.76 bits per heavy atom. The first-order valence-corrected chi connectivity index (χ1v) is 8.34. The second-order valence-corrected chi connectivity index (χ2v) is 6.34. The minimum atomic E-state index is -0.691. The summed E-state index contributed by atoms with van der Waals surface area (Å²) < 4.78 is 0. The number of rotatable bonds is 5. The van der Waals surface area contributed by atoms with E-state index in [0.29, 0.717) is 23.7 Å². The van der Waals surface area contributed by atoms with Gasteiger partial charge in [-0.3, -0.25) is 14.4 Å². The van der Waals surface area contributed by atoms with E-state index >= 15 is 0 Å². The predicted molar refractivity (Wildman–Crippen MR) is 94.2 cm³/mol. The average molecular weight is 357 g/mol. The number of hydrogen-bond acceptors (Lipinski definition) is 3. The zero-order valence-electron chi connectivity index (χ0n) is 13.4. The quantitative estimate of drug-likeness (QED) is 0.661. The first-order chi connectivity index (χ1) is 12.0. The first-order valence-electron chi connectivity index (χ1n) is 7.96. The highest BCUT2D eigenvalue weighted by atomic mass is 35.5. The molecule has 5 nitrogen and oxygen atoms in total. The second kappa shape index (κ2) is 7.49. The lowest BCUT2D eigenvalue weighted by molar-refractivity contribution is -0.128. The zero-order chi connectivity index (χ0) is 17.8. The molecule has 0 spiro atoms. The van der Waals surface area contributed by atoms with Gasteiger partial charge in [-0.05, 0) is 11.6 Å². The van der Waals surface area contributed by atoms with E-state index in [1.165, 1.54) is 0 Å². The molecule has 1 aliphatic rings. The number of carbonyl (C=O) groups excluding carboxylic acids is 3. The molecule has 1 fully saturated rings. The maximum absolute atomic E-state index is 12.2. The van der Waals surface area contributed by atoms with Crippen molar-refractivity contribution in [1.29, 1.82) is 0 Å². The van der Waals surface area contributed by atoms with Crippen LogP contribution in [0.5, 0.6) is 0 Å². The van der Waals surface area contributed by atoms with Crippen LogP contribution in [0.2, 0.25) is 5.02 Å². The first kappa shape index (κ1) is 17.2. The summed E-state index contributed by atoms with van der Waals surface area (Å²) in [6, 6.07) is 15.3. The largest absolute Gasteiger partial charge is 0.344 e. The number of nitrogens with zero attached hydrogens (tertiary/aromatic N) is 1. The number of halogens is 1. The Kier molecular flexibility index (Phi) is 5.14. The van der Waals surface area contributed by atoms with E-state index in [9.17, 15) is 14.4 Å². The summed E-state index contributed by atoms with van der Waals surface area (Å²) in [5.74, 6) is -1.36. The van der Waals surface area contributed by atoms with Gasteiger partial charge in [-0.25, -0.2) is 0 Å². The van der Waals surface area contributed by atoms with E-state index in [0.717, 1.165) is 5.56 Å². The third-order valence-corrected chi connectivity index (χ3v) is 4.48. The second-order valence-electron chi connectivity index (χ2n) is 5.94. The van der Waals surface area contributed by atoms with Crippen molar-refractivity contribution in [3.05, 3.63) is 70.7 Å². The third-order valence-electron chi connectivity index (χ3n) is 4.11. The van der Waals surface area contributed by atoms with Crippen molar-refractivity contribution in [2.24, 2.45) is 0 Å². The SMILES string of the molecule is O=C(N[C@@H]1CC(=O)N(Cc2ccccc2Cl)C1)C(=O)c1ccccc1. The molecule has 2 aromatic rings. The Morgan fingerprint density at radius 1 is 1.08 bits per heavy atom. The molecule has 0 saturated carbocycles. The molecule has 1 N–H and O–H groups in total. The van der Waals surface area contributed by atoms with Gasteiger partial charge in [0.15, 0.2) is 0 Å². The lowest BCUT2D eigenvalue weighted by Crippen LogP contribution is -2.40. The highest BCUT2D eigenvalue weighted by Crippen LogP contribution is 2.20. The Hall–Kier alpha value is -2.66. The highest BCUT2D eigenvalue weighted by Gasteiger charge is 2.32. The average Bonchev–Trinajstić information content (AvgIpc) is 2.96. The molecule has 1 saturated heterocycles. The summed E-state index contributed by atoms with van der Waals surface area (Å²) in [5, 5.41) is 3.25. The molecule has 0 aromatic heterocycles. The molecule has 1 atom stereocenters. The fraction of sp³-hybridized carbons (Fsp3) is 0.211. The molecule has 25 heavy (non-hydrogen) atoms. The summed E-state index contributed by atoms with van der Waals surface area (Å²) in [4.78, 5) is 38.0. The Bertz CT molecular complexity index is 807. The molecule has 3 rings (SSSR count). The maximum Gasteiger partial charge on any atom is 0.292 e. The maximum atomic E-state index is 12.2. The predicted octanol–water partition coefficient (Wildman–Crippen LogP) is 2.44. The Balaban J connectivity index is 1.60. The molecule has 1 heterocycles. The standard InChI is InChI=1S/C19H17ClN2O3/c20-16-9-5-4-8-14(16)11-22-12-15(10-17(22)23)21-19(25)18(24)13-6-2-1-3-7-13/h1-9,15H,10-12H2,(H,21,25)/t15-/m1/s1. The zero-order valence-corrected chi connectivity index (χ0v) is 14.2. The van der Waals surface area contributed by atoms with Gasteiger partial charge < -0.3 is 10.2 Å². The van der Waals surface area contributed by atoms with Gasteiger partial charge in [-0.1, -0.05) is 60.1 Å². The van der Waals surface area contributed by atoms with Crippen molar-refractivity contribution in [2.75, 3.05) is 6.54 Å². The number of nitrogens with one attached hydrogen (secondary N) is 1. The van der Waals surface area contributed by atoms with Crippen LogP contribution in [0.1, 0.15) is 22.3 Å². The van der Waals surface area contributed by atoms with Gasteiger partial charge in [-0.15, -0.1) is 0 Å². The van der Waals surface area contributed by atoms with Crippen LogP contribution in [-0.2, 0) is 16.1 Å². The number of hydrogen-bond donors (Lipinski definition) is 1. The van der Waals surface area contributed by atoms with Crippen LogP contribution >= 0.6 is 11.6 Å². The number of likely N-dealkylation sites (tertiary alicyclic amines) is 1. The van der Waals surface area contributed by atoms with Crippen molar-refractivity contribution >= 4 is 29.2 Å². The lowest BCUT2D eigenvalue weighted by Gasteiger charge is -2.17. The molecule has 1 aliphatic heterocycles. The summed E-state index contributed by atoms with van der Waals surface area (Å²) in [7, 11) is 0. The number of benzene rings is 2. The van der Waals surface area contributed by atoms with Crippen LogP contribution < -0.4 is 5.32 Å². The van der Waals surface area contributed by atoms with Crippen molar-refractivity contribution < 1.29 is 14.4 Å². The summed E-state index contributed by atoms with van der Waals surface area (Å²) in [6.45, 7) is 0.745. The summed E-state index contributed by atoms with van der Waals surface area (Å²) >= 11 is 6.13. The molecular formula is C19H17ClN2O3. The van der Waals surface area contributed by atoms with E-state index in [1.807, 2.05) is 18.2 Å². The van der Waals surface area contributed by atoms with Gasteiger partial charge in [0.2, 0.25) is 11.7 Å². The van der Waals surface area contributed by atoms with Crippen molar-refractivity contribution in [3.8, 4) is 0 Å². The molecule has 2 amide bonds. The van der Waals surface area contributed by atoms with Gasteiger partial charge in [0, 0.05) is 30.1 Å². The minimum Gasteiger partial charge on any atom is -0.344 e. The van der Waals surface area contributed by atoms with Gasteiger partial charge >= 0.3 is 0 Å². The van der Waals surface area contributed by atoms with E-state index in [4.69, 9.17) is 11.6 Å². The van der Waals surface area contributed by atoms with E-state index in [2.05, 4.69) is 5.32 Å². The Morgan fingerprint density at radius 3 is 2.48 bits per heavy atom. The Labute approximate surface area is 150 Å². The fourth-order valence-electron chi connectivity index (χ4n) is 2.83. The molecule has 0 radical (unpaired) electrons. The van der Waals surface area contributed by atoms with Gasteiger partial charge in [0.25, 0.3) is 5.91 Å². The number of carbonyl (C=O) groups is 3. The molecule has 6 heteroatoms. The van der Waals surface area contributed by atoms with Crippen LogP contribution in [0.25, 0.3) is 0 Å². The van der Waals surface area contributed by atoms with E-state index in [-0.39, 0.29) is 18.4 Å². The number of Topliss-reactive ketones (excluding diaryl/α,β-unsaturated/α-hetero) is 1. The number of amides is 2. The normalized spacial score (nSPS) is 16.8. The molecule has 0 aliphatic carbocycles. The molecular weight excluding hydrogens is 340 g/mol. The van der Waals surface area contributed by atoms with Crippen LogP contribution in [0.3, 0.4) is 0 Å². The van der Waals surface area contributed by atoms with E-state index < -0.39 is 11.7 Å². The smallest absolute Gasteiger partial charge is 0.292 e. The van der Waals surface area contributed by atoms with Gasteiger partial charge in [0.05, 0.1) is 6.04 Å². The van der Waals surface area contributed by atoms with Crippen molar-refractivity contribution in [2.45, 2.75) is 19.0 Å². The van der Waals surface area contributed by atoms with Gasteiger partial charge in [-0.2, -0.15) is 0 Å². The van der Waals surface area contributed by atoms with Gasteiger partial charge in [0.1, 0.15) is 0 Å². The fourth-order valence-corrected chi connectivity index (χ4v) is 3.02.